The van der Waals surface area contributed by atoms with Gasteiger partial charge in [0.15, 0.2) is 0 Å². The molecule has 0 saturated carbocycles. The molecule has 250 valence electrons. The van der Waals surface area contributed by atoms with Gasteiger partial charge in [-0.05, 0) is 74.9 Å². The molecule has 0 radical (unpaired) electrons. The average Bonchev–Trinajstić information content (AvgIpc) is 3.60. The minimum Gasteiger partial charge on any atom is -0.370 e. The lowest BCUT2D eigenvalue weighted by molar-refractivity contribution is 0.488. The van der Waals surface area contributed by atoms with Crippen molar-refractivity contribution in [1.82, 2.24) is 20.6 Å². The molecule has 0 aliphatic carbocycles. The summed E-state index contributed by atoms with van der Waals surface area (Å²) in [5, 5.41) is 9.34. The van der Waals surface area contributed by atoms with Crippen molar-refractivity contribution in [2.24, 2.45) is 9.98 Å². The molecule has 0 fully saturated rings. The van der Waals surface area contributed by atoms with Gasteiger partial charge in [0.05, 0.1) is 43.0 Å². The Morgan fingerprint density at radius 1 is 0.674 bits per heavy atom. The Labute approximate surface area is 278 Å². The SMILES string of the molecule is CS(=O)(=O)O.CS(=O)(=O)O.c1cc2nc(CCCCCCc3nc4ccc(C5=NCCCN5)cc4s3)sc2cc1C1=NCCCN1. The number of aromatic nitrogens is 2. The topological polar surface area (TPSA) is 183 Å². The van der Waals surface area contributed by atoms with Crippen molar-refractivity contribution in [2.45, 2.75) is 51.4 Å². The highest BCUT2D eigenvalue weighted by Crippen LogP contribution is 2.27. The third kappa shape index (κ3) is 12.6. The van der Waals surface area contributed by atoms with Crippen LogP contribution in [0.15, 0.2) is 46.4 Å². The summed E-state index contributed by atoms with van der Waals surface area (Å²) < 4.78 is 54.3. The second kappa shape index (κ2) is 16.7. The molecule has 16 heteroatoms. The van der Waals surface area contributed by atoms with E-state index in [1.807, 2.05) is 22.7 Å². The van der Waals surface area contributed by atoms with Crippen LogP contribution in [0.5, 0.6) is 0 Å². The van der Waals surface area contributed by atoms with Crippen LogP contribution in [0.4, 0.5) is 0 Å². The Balaban J connectivity index is 0.000000421. The van der Waals surface area contributed by atoms with Crippen LogP contribution in [-0.4, -0.2) is 86.3 Å². The zero-order valence-corrected chi connectivity index (χ0v) is 29.2. The summed E-state index contributed by atoms with van der Waals surface area (Å²) in [5.74, 6) is 2.06. The predicted molar refractivity (Wildman–Crippen MR) is 188 cm³/mol. The number of unbranched alkanes of at least 4 members (excludes halogenated alkanes) is 3. The van der Waals surface area contributed by atoms with Gasteiger partial charge < -0.3 is 10.6 Å². The van der Waals surface area contributed by atoms with Gasteiger partial charge in [0, 0.05) is 37.3 Å². The minimum atomic E-state index is -3.67. The van der Waals surface area contributed by atoms with E-state index in [-0.39, 0.29) is 0 Å². The number of hydrogen-bond donors (Lipinski definition) is 4. The first-order chi connectivity index (χ1) is 21.8. The highest BCUT2D eigenvalue weighted by Gasteiger charge is 2.12. The minimum absolute atomic E-state index is 0.715. The van der Waals surface area contributed by atoms with Gasteiger partial charge in [-0.25, -0.2) is 9.97 Å². The number of aliphatic imine (C=N–C) groups is 2. The van der Waals surface area contributed by atoms with Gasteiger partial charge in [-0.2, -0.15) is 16.8 Å². The maximum absolute atomic E-state index is 9.19. The standard InChI is InChI=1S/C28H32N6S2.2CH4O3S/c1(3-7-25-33-21-11-9-19(17-23(21)35-25)27-29-13-5-14-30-27)2-4-8-26-34-22-12-10-20(18-24(22)36-26)28-31-15-6-16-32-28;2*1-5(2,3)4/h9-12,17-18H,1-8,13-16H2,(H,29,30)(H,31,32);2*1H3,(H,2,3,4). The molecule has 2 aliphatic heterocycles. The molecule has 2 aromatic heterocycles. The van der Waals surface area contributed by atoms with Crippen LogP contribution < -0.4 is 10.6 Å². The van der Waals surface area contributed by atoms with Crippen molar-refractivity contribution in [1.29, 1.82) is 0 Å². The van der Waals surface area contributed by atoms with E-state index in [4.69, 9.17) is 19.1 Å². The molecule has 0 bridgehead atoms. The van der Waals surface area contributed by atoms with Crippen LogP contribution in [0.2, 0.25) is 0 Å². The van der Waals surface area contributed by atoms with Gasteiger partial charge in [0.1, 0.15) is 11.7 Å². The smallest absolute Gasteiger partial charge is 0.261 e. The number of thiazole rings is 2. The third-order valence-corrected chi connectivity index (χ3v) is 8.89. The monoisotopic (exact) mass is 708 g/mol. The number of hydrogen-bond acceptors (Lipinski definition) is 12. The van der Waals surface area contributed by atoms with E-state index < -0.39 is 20.2 Å². The number of amidine groups is 2. The molecule has 0 saturated heterocycles. The summed E-state index contributed by atoms with van der Waals surface area (Å²) in [4.78, 5) is 19.0. The maximum atomic E-state index is 9.19. The van der Waals surface area contributed by atoms with E-state index in [1.54, 1.807) is 0 Å². The molecule has 0 atom stereocenters. The molecule has 0 unspecified atom stereocenters. The molecule has 2 aromatic carbocycles. The lowest BCUT2D eigenvalue weighted by Gasteiger charge is -2.14. The van der Waals surface area contributed by atoms with E-state index in [1.165, 1.54) is 56.2 Å². The zero-order chi connectivity index (χ0) is 33.2. The fraction of sp³-hybridized carbons (Fsp3) is 0.467. The van der Waals surface area contributed by atoms with E-state index in [2.05, 4.69) is 57.0 Å². The van der Waals surface area contributed by atoms with Gasteiger partial charge in [0.2, 0.25) is 0 Å². The fourth-order valence-electron chi connectivity index (χ4n) is 4.81. The van der Waals surface area contributed by atoms with Crippen molar-refractivity contribution in [3.05, 3.63) is 57.5 Å². The Morgan fingerprint density at radius 3 is 1.41 bits per heavy atom. The molecule has 4 N–H and O–H groups in total. The van der Waals surface area contributed by atoms with Gasteiger partial charge >= 0.3 is 0 Å². The highest BCUT2D eigenvalue weighted by atomic mass is 32.2. The van der Waals surface area contributed by atoms with Crippen LogP contribution in [0, 0.1) is 0 Å². The molecule has 0 spiro atoms. The van der Waals surface area contributed by atoms with Gasteiger partial charge in [0.25, 0.3) is 20.2 Å². The molecule has 0 amide bonds. The van der Waals surface area contributed by atoms with Crippen LogP contribution in [0.3, 0.4) is 0 Å². The molecular formula is C30H40N6O6S4. The van der Waals surface area contributed by atoms with Crippen LogP contribution in [-0.2, 0) is 33.1 Å². The summed E-state index contributed by atoms with van der Waals surface area (Å²) in [6.45, 7) is 3.86. The summed E-state index contributed by atoms with van der Waals surface area (Å²) in [6, 6.07) is 13.1. The Kier molecular flexibility index (Phi) is 13.0. The second-order valence-corrected chi connectivity index (χ2v) is 16.1. The van der Waals surface area contributed by atoms with E-state index in [9.17, 15) is 16.8 Å². The molecular weight excluding hydrogens is 669 g/mol. The molecule has 4 aromatic rings. The number of aryl methyl sites for hydroxylation is 2. The first kappa shape index (κ1) is 35.8. The van der Waals surface area contributed by atoms with Crippen molar-refractivity contribution in [2.75, 3.05) is 38.7 Å². The normalized spacial score (nSPS) is 15.0. The van der Waals surface area contributed by atoms with E-state index in [0.29, 0.717) is 12.5 Å². The lowest BCUT2D eigenvalue weighted by Crippen LogP contribution is -2.30. The Bertz CT molecular complexity index is 1750. The van der Waals surface area contributed by atoms with Crippen molar-refractivity contribution in [3.8, 4) is 0 Å². The summed E-state index contributed by atoms with van der Waals surface area (Å²) in [6.07, 6.45) is 10.7. The summed E-state index contributed by atoms with van der Waals surface area (Å²) in [5.41, 5.74) is 4.59. The van der Waals surface area contributed by atoms with Crippen molar-refractivity contribution >= 4 is 75.0 Å². The van der Waals surface area contributed by atoms with Gasteiger partial charge in [-0.3, -0.25) is 19.1 Å². The quantitative estimate of drug-likeness (QED) is 0.140. The Morgan fingerprint density at radius 2 is 1.07 bits per heavy atom. The Hall–Kier alpha value is -3.02. The predicted octanol–water partition coefficient (Wildman–Crippen LogP) is 4.74. The van der Waals surface area contributed by atoms with E-state index >= 15 is 0 Å². The second-order valence-electron chi connectivity index (χ2n) is 11.0. The molecule has 2 aliphatic rings. The van der Waals surface area contributed by atoms with Crippen LogP contribution >= 0.6 is 22.7 Å². The van der Waals surface area contributed by atoms with Crippen LogP contribution in [0.25, 0.3) is 20.4 Å². The first-order valence-corrected chi connectivity index (χ1v) is 20.4. The van der Waals surface area contributed by atoms with Crippen LogP contribution in [0.1, 0.15) is 59.7 Å². The number of nitrogens with one attached hydrogen (secondary N) is 2. The maximum Gasteiger partial charge on any atom is 0.261 e. The van der Waals surface area contributed by atoms with Crippen molar-refractivity contribution < 1.29 is 25.9 Å². The van der Waals surface area contributed by atoms with Gasteiger partial charge in [-0.15, -0.1) is 22.7 Å². The molecule has 6 rings (SSSR count). The molecule has 46 heavy (non-hydrogen) atoms. The number of rotatable bonds is 9. The largest absolute Gasteiger partial charge is 0.370 e. The highest BCUT2D eigenvalue weighted by molar-refractivity contribution is 7.85. The van der Waals surface area contributed by atoms with Gasteiger partial charge in [-0.1, -0.05) is 12.8 Å². The third-order valence-electron chi connectivity index (χ3n) is 6.74. The summed E-state index contributed by atoms with van der Waals surface area (Å²) >= 11 is 3.67. The average molecular weight is 709 g/mol. The first-order valence-electron chi connectivity index (χ1n) is 15.0. The van der Waals surface area contributed by atoms with E-state index in [0.717, 1.165) is 74.6 Å². The number of nitrogens with zero attached hydrogens (tertiary/aromatic N) is 4. The fourth-order valence-corrected chi connectivity index (χ4v) is 6.91. The molecule has 12 nitrogen and oxygen atoms in total. The summed E-state index contributed by atoms with van der Waals surface area (Å²) in [7, 11) is -7.33. The van der Waals surface area contributed by atoms with Crippen molar-refractivity contribution in [3.63, 3.8) is 0 Å². The molecule has 4 heterocycles. The lowest BCUT2D eigenvalue weighted by atomic mass is 10.1. The zero-order valence-electron chi connectivity index (χ0n) is 25.9. The number of fused-ring (bicyclic) bond motifs is 2. The number of benzene rings is 2.